The number of urea groups is 1. The molecule has 3 aromatic rings. The maximum atomic E-state index is 12.3. The Balaban J connectivity index is 1.79. The van der Waals surface area contributed by atoms with Crippen LogP contribution in [0.2, 0.25) is 0 Å². The molecule has 0 aliphatic rings. The number of imidazole rings is 1. The number of anilines is 1. The first-order chi connectivity index (χ1) is 17.7. The first kappa shape index (κ1) is 29.4. The topological polar surface area (TPSA) is 118 Å². The maximum Gasteiger partial charge on any atom is 0.520 e. The Hall–Kier alpha value is -3.18. The molecule has 2 amide bonds. The van der Waals surface area contributed by atoms with Gasteiger partial charge in [-0.2, -0.15) is 0 Å². The lowest BCUT2D eigenvalue weighted by atomic mass is 9.78. The second-order valence-corrected chi connectivity index (χ2v) is 14.2. The van der Waals surface area contributed by atoms with E-state index in [4.69, 9.17) is 13.3 Å². The molecule has 9 nitrogen and oxygen atoms in total. The van der Waals surface area contributed by atoms with Crippen molar-refractivity contribution in [3.63, 3.8) is 0 Å². The van der Waals surface area contributed by atoms with Gasteiger partial charge in [0.15, 0.2) is 0 Å². The number of aromatic hydroxyl groups is 1. The molecule has 0 unspecified atom stereocenters. The van der Waals surface area contributed by atoms with Gasteiger partial charge in [-0.25, -0.2) is 9.78 Å². The van der Waals surface area contributed by atoms with Gasteiger partial charge in [0, 0.05) is 43.7 Å². The van der Waals surface area contributed by atoms with E-state index in [0.29, 0.717) is 11.4 Å². The summed E-state index contributed by atoms with van der Waals surface area (Å²) in [5, 5.41) is 16.6. The van der Waals surface area contributed by atoms with E-state index in [1.165, 1.54) is 21.3 Å². The van der Waals surface area contributed by atoms with E-state index in [2.05, 4.69) is 62.1 Å². The zero-order chi connectivity index (χ0) is 28.3. The highest BCUT2D eigenvalue weighted by Gasteiger charge is 2.38. The third kappa shape index (κ3) is 6.62. The van der Waals surface area contributed by atoms with Crippen molar-refractivity contribution in [1.82, 2.24) is 15.3 Å². The number of carbonyl (C=O) groups excluding carboxylic acids is 1. The van der Waals surface area contributed by atoms with Crippen molar-refractivity contribution >= 4 is 20.5 Å². The van der Waals surface area contributed by atoms with Gasteiger partial charge in [0.25, 0.3) is 0 Å². The predicted octanol–water partition coefficient (Wildman–Crippen LogP) is 5.58. The van der Waals surface area contributed by atoms with Gasteiger partial charge in [0.1, 0.15) is 11.6 Å². The van der Waals surface area contributed by atoms with Gasteiger partial charge in [-0.15, -0.1) is 0 Å². The molecule has 0 spiro atoms. The van der Waals surface area contributed by atoms with Crippen LogP contribution in [-0.2, 0) is 24.1 Å². The molecule has 0 bridgehead atoms. The summed E-state index contributed by atoms with van der Waals surface area (Å²) >= 11 is 0. The summed E-state index contributed by atoms with van der Waals surface area (Å²) in [6.45, 7) is 12.5. The summed E-state index contributed by atoms with van der Waals surface area (Å²) in [6, 6.07) is 11.1. The van der Waals surface area contributed by atoms with Crippen LogP contribution in [-0.4, -0.2) is 57.4 Å². The molecule has 0 atom stereocenters. The number of aromatic nitrogens is 2. The molecule has 38 heavy (non-hydrogen) atoms. The molecule has 3 rings (SSSR count). The molecular formula is C28H40N4O5Si. The van der Waals surface area contributed by atoms with Crippen LogP contribution in [0.25, 0.3) is 22.6 Å². The number of aromatic amines is 1. The number of H-pyrrole nitrogens is 1. The van der Waals surface area contributed by atoms with Crippen molar-refractivity contribution in [1.29, 1.82) is 0 Å². The summed E-state index contributed by atoms with van der Waals surface area (Å²) < 4.78 is 16.0. The van der Waals surface area contributed by atoms with Crippen molar-refractivity contribution in [2.75, 3.05) is 32.8 Å². The number of phenols is 1. The van der Waals surface area contributed by atoms with Gasteiger partial charge >= 0.3 is 14.8 Å². The number of hydrogen-bond donors (Lipinski definition) is 4. The number of nitrogens with one attached hydrogen (secondary N) is 3. The summed E-state index contributed by atoms with van der Waals surface area (Å²) in [5.74, 6) is 1.06. The van der Waals surface area contributed by atoms with Crippen LogP contribution in [0.4, 0.5) is 10.5 Å². The number of carbonyl (C=O) groups is 1. The molecule has 0 aliphatic carbocycles. The quantitative estimate of drug-likeness (QED) is 0.277. The molecular weight excluding hydrogens is 500 g/mol. The fourth-order valence-corrected chi connectivity index (χ4v) is 5.40. The highest BCUT2D eigenvalue weighted by molar-refractivity contribution is 6.61. The van der Waals surface area contributed by atoms with Crippen molar-refractivity contribution in [2.45, 2.75) is 52.4 Å². The second-order valence-electron chi connectivity index (χ2n) is 11.2. The van der Waals surface area contributed by atoms with Crippen LogP contribution in [0.3, 0.4) is 0 Å². The van der Waals surface area contributed by atoms with Crippen molar-refractivity contribution in [2.24, 2.45) is 0 Å². The Labute approximate surface area is 226 Å². The third-order valence-corrected chi connectivity index (χ3v) is 8.90. The van der Waals surface area contributed by atoms with E-state index in [1.807, 2.05) is 36.4 Å². The van der Waals surface area contributed by atoms with Crippen molar-refractivity contribution in [3.8, 4) is 28.4 Å². The molecule has 2 aromatic carbocycles. The molecule has 0 radical (unpaired) electrons. The first-order valence-electron chi connectivity index (χ1n) is 12.5. The highest BCUT2D eigenvalue weighted by Crippen LogP contribution is 2.41. The van der Waals surface area contributed by atoms with E-state index < -0.39 is 8.80 Å². The molecule has 0 saturated carbocycles. The number of amides is 2. The first-order valence-corrected chi connectivity index (χ1v) is 14.4. The minimum atomic E-state index is -2.90. The van der Waals surface area contributed by atoms with Crippen LogP contribution in [0.1, 0.15) is 52.7 Å². The van der Waals surface area contributed by atoms with E-state index in [0.717, 1.165) is 33.8 Å². The lowest BCUT2D eigenvalue weighted by molar-refractivity contribution is 0.122. The highest BCUT2D eigenvalue weighted by atomic mass is 28.4. The maximum absolute atomic E-state index is 12.3. The van der Waals surface area contributed by atoms with Gasteiger partial charge < -0.3 is 34.0 Å². The fourth-order valence-electron chi connectivity index (χ4n) is 4.09. The Bertz CT molecular complexity index is 1210. The molecule has 1 aromatic heterocycles. The molecule has 1 heterocycles. The van der Waals surface area contributed by atoms with E-state index in [9.17, 15) is 9.90 Å². The van der Waals surface area contributed by atoms with Gasteiger partial charge in [-0.1, -0.05) is 53.7 Å². The zero-order valence-corrected chi connectivity index (χ0v) is 24.8. The van der Waals surface area contributed by atoms with Gasteiger partial charge in [-0.3, -0.25) is 0 Å². The number of hydrogen-bond acceptors (Lipinski definition) is 6. The van der Waals surface area contributed by atoms with E-state index in [1.54, 1.807) is 6.20 Å². The monoisotopic (exact) mass is 540 g/mol. The Kier molecular flexibility index (Phi) is 8.72. The predicted molar refractivity (Wildman–Crippen MR) is 152 cm³/mol. The summed E-state index contributed by atoms with van der Waals surface area (Å²) in [5.41, 5.74) is 4.62. The van der Waals surface area contributed by atoms with Gasteiger partial charge in [0.05, 0.1) is 18.1 Å². The van der Waals surface area contributed by atoms with E-state index >= 15 is 0 Å². The molecule has 0 fully saturated rings. The number of benzene rings is 2. The minimum absolute atomic E-state index is 0.141. The Morgan fingerprint density at radius 2 is 1.45 bits per heavy atom. The normalized spacial score (nSPS) is 12.4. The average molecular weight is 541 g/mol. The number of phenolic OH excluding ortho intramolecular Hbond substituents is 1. The van der Waals surface area contributed by atoms with Crippen molar-refractivity contribution in [3.05, 3.63) is 53.7 Å². The van der Waals surface area contributed by atoms with Gasteiger partial charge in [-0.05, 0) is 40.7 Å². The molecule has 4 N–H and O–H groups in total. The lowest BCUT2D eigenvalue weighted by Crippen LogP contribution is -2.54. The third-order valence-electron chi connectivity index (χ3n) is 6.43. The smallest absolute Gasteiger partial charge is 0.507 e. The van der Waals surface area contributed by atoms with Gasteiger partial charge in [0.2, 0.25) is 0 Å². The standard InChI is InChI=1S/C28H40N4O5Si/c1-27(2,3)21-14-19(15-22(24(21)33)28(4,5)6)25-29-16-23(32-25)18-10-12-20(13-11-18)31-26(34)30-17-38(35-7,36-8)37-9/h10-16,33H,17H2,1-9H3,(H,29,32)(H2,30,31,34). The minimum Gasteiger partial charge on any atom is -0.507 e. The van der Waals surface area contributed by atoms with Crippen LogP contribution < -0.4 is 10.6 Å². The largest absolute Gasteiger partial charge is 0.520 e. The summed E-state index contributed by atoms with van der Waals surface area (Å²) in [7, 11) is 1.57. The summed E-state index contributed by atoms with van der Waals surface area (Å²) in [6.07, 6.45) is 1.93. The fraction of sp³-hybridized carbons (Fsp3) is 0.429. The zero-order valence-electron chi connectivity index (χ0n) is 23.8. The molecule has 0 saturated heterocycles. The Morgan fingerprint density at radius 1 is 0.921 bits per heavy atom. The molecule has 10 heteroatoms. The SMILES string of the molecule is CO[Si](CNC(=O)Nc1ccc(-c2cnc(-c3cc(C(C)(C)C)c(O)c(C(C)(C)C)c3)[nH]2)cc1)(OC)OC. The van der Waals surface area contributed by atoms with Crippen molar-refractivity contribution < 1.29 is 23.2 Å². The molecule has 206 valence electrons. The number of rotatable bonds is 8. The van der Waals surface area contributed by atoms with Crippen LogP contribution >= 0.6 is 0 Å². The summed E-state index contributed by atoms with van der Waals surface area (Å²) in [4.78, 5) is 20.4. The average Bonchev–Trinajstić information content (AvgIpc) is 3.35. The van der Waals surface area contributed by atoms with Crippen LogP contribution in [0, 0.1) is 0 Å². The Morgan fingerprint density at radius 3 is 1.92 bits per heavy atom. The lowest BCUT2D eigenvalue weighted by Gasteiger charge is -2.28. The van der Waals surface area contributed by atoms with E-state index in [-0.39, 0.29) is 23.0 Å². The molecule has 0 aliphatic heterocycles. The van der Waals surface area contributed by atoms with Crippen LogP contribution in [0.15, 0.2) is 42.6 Å². The van der Waals surface area contributed by atoms with Crippen LogP contribution in [0.5, 0.6) is 5.75 Å². The second kappa shape index (κ2) is 11.3. The number of nitrogens with zero attached hydrogens (tertiary/aromatic N) is 1.